The third-order valence-electron chi connectivity index (χ3n) is 8.74. The van der Waals surface area contributed by atoms with Crippen molar-refractivity contribution in [3.05, 3.63) is 88.5 Å². The Bertz CT molecular complexity index is 1570. The molecule has 3 aromatic rings. The van der Waals surface area contributed by atoms with Gasteiger partial charge in [0, 0.05) is 31.6 Å². The molecule has 0 fully saturated rings. The minimum atomic E-state index is -1.27. The van der Waals surface area contributed by atoms with Gasteiger partial charge >= 0.3 is 17.9 Å². The maximum Gasteiger partial charge on any atom is 0.339 e. The van der Waals surface area contributed by atoms with Crippen molar-refractivity contribution in [3.8, 4) is 16.9 Å². The fraction of sp³-hybridized carbons (Fsp3) is 0.500. The molecule has 1 unspecified atom stereocenters. The molecule has 294 valence electrons. The zero-order chi connectivity index (χ0) is 38.8. The summed E-state index contributed by atoms with van der Waals surface area (Å²) in [6.45, 7) is 21.4. The monoisotopic (exact) mass is 760 g/mol. The van der Waals surface area contributed by atoms with Crippen molar-refractivity contribution < 1.29 is 37.7 Å². The summed E-state index contributed by atoms with van der Waals surface area (Å²) >= 11 is 0. The Morgan fingerprint density at radius 3 is 1.91 bits per heavy atom. The largest absolute Gasteiger partial charge is 0.478 e. The Kier molecular flexibility index (Phi) is 21.8. The van der Waals surface area contributed by atoms with Crippen LogP contribution in [-0.4, -0.2) is 78.7 Å². The summed E-state index contributed by atoms with van der Waals surface area (Å²) in [7, 11) is 0. The maximum absolute atomic E-state index is 14.5. The Balaban J connectivity index is 0.000000545. The van der Waals surface area contributed by atoms with Crippen LogP contribution in [0.4, 0.5) is 8.78 Å². The van der Waals surface area contributed by atoms with Crippen molar-refractivity contribution in [2.24, 2.45) is 5.92 Å². The van der Waals surface area contributed by atoms with E-state index in [9.17, 15) is 28.3 Å². The summed E-state index contributed by atoms with van der Waals surface area (Å²) in [4.78, 5) is 40.1. The lowest BCUT2D eigenvalue weighted by molar-refractivity contribution is -0.145. The van der Waals surface area contributed by atoms with E-state index in [1.807, 2.05) is 19.1 Å². The van der Waals surface area contributed by atoms with Crippen molar-refractivity contribution in [1.82, 2.24) is 9.80 Å². The van der Waals surface area contributed by atoms with Crippen LogP contribution >= 0.6 is 12.4 Å². The molecule has 0 saturated heterocycles. The number of ether oxygens (including phenoxy) is 2. The van der Waals surface area contributed by atoms with Crippen LogP contribution in [0.1, 0.15) is 101 Å². The van der Waals surface area contributed by atoms with Gasteiger partial charge in [0.2, 0.25) is 0 Å². The summed E-state index contributed by atoms with van der Waals surface area (Å²) < 4.78 is 38.4. The second-order valence-corrected chi connectivity index (χ2v) is 13.3. The lowest BCUT2D eigenvalue weighted by atomic mass is 9.92. The predicted octanol–water partition coefficient (Wildman–Crippen LogP) is 9.22. The Labute approximate surface area is 321 Å². The molecule has 8 nitrogen and oxygen atoms in total. The van der Waals surface area contributed by atoms with Crippen molar-refractivity contribution in [2.75, 3.05) is 45.9 Å². The molecule has 0 spiro atoms. The first-order chi connectivity index (χ1) is 24.8. The van der Waals surface area contributed by atoms with Crippen molar-refractivity contribution in [3.63, 3.8) is 0 Å². The number of halogens is 3. The van der Waals surface area contributed by atoms with E-state index < -0.39 is 23.6 Å². The highest BCUT2D eigenvalue weighted by Gasteiger charge is 2.24. The van der Waals surface area contributed by atoms with Crippen LogP contribution in [0.3, 0.4) is 0 Å². The van der Waals surface area contributed by atoms with E-state index >= 15 is 0 Å². The molecule has 0 bridgehead atoms. The van der Waals surface area contributed by atoms with Gasteiger partial charge in [0.15, 0.2) is 0 Å². The molecule has 11 heteroatoms. The van der Waals surface area contributed by atoms with Gasteiger partial charge in [-0.25, -0.2) is 13.6 Å². The number of hydrogen-bond acceptors (Lipinski definition) is 7. The van der Waals surface area contributed by atoms with Gasteiger partial charge in [-0.2, -0.15) is 0 Å². The summed E-state index contributed by atoms with van der Waals surface area (Å²) in [5, 5.41) is 9.86. The summed E-state index contributed by atoms with van der Waals surface area (Å²) in [6.07, 6.45) is 3.27. The van der Waals surface area contributed by atoms with E-state index in [4.69, 9.17) is 9.47 Å². The molecule has 0 heterocycles. The van der Waals surface area contributed by atoms with Gasteiger partial charge < -0.3 is 24.4 Å². The highest BCUT2D eigenvalue weighted by Crippen LogP contribution is 2.35. The first-order valence-corrected chi connectivity index (χ1v) is 18.5. The summed E-state index contributed by atoms with van der Waals surface area (Å²) in [5.41, 5.74) is 2.96. The number of likely N-dealkylation sites (N-methyl/N-ethyl adjacent to an activating group) is 1. The molecule has 3 aromatic carbocycles. The molecular weight excluding hydrogens is 702 g/mol. The number of nitrogens with zero attached hydrogens (tertiary/aromatic N) is 2. The van der Waals surface area contributed by atoms with Gasteiger partial charge in [-0.05, 0) is 105 Å². The van der Waals surface area contributed by atoms with Crippen molar-refractivity contribution in [1.29, 1.82) is 0 Å². The highest BCUT2D eigenvalue weighted by molar-refractivity contribution is 5.96. The van der Waals surface area contributed by atoms with Gasteiger partial charge in [0.25, 0.3) is 0 Å². The first kappa shape index (κ1) is 47.2. The Morgan fingerprint density at radius 2 is 1.40 bits per heavy atom. The van der Waals surface area contributed by atoms with Gasteiger partial charge in [-0.15, -0.1) is 12.4 Å². The van der Waals surface area contributed by atoms with E-state index in [0.717, 1.165) is 69.7 Å². The number of hydrogen-bond donors (Lipinski definition) is 1. The first-order valence-electron chi connectivity index (χ1n) is 18.5. The molecule has 0 aliphatic heterocycles. The smallest absolute Gasteiger partial charge is 0.339 e. The normalized spacial score (nSPS) is 11.5. The third kappa shape index (κ3) is 15.6. The van der Waals surface area contributed by atoms with Crippen LogP contribution < -0.4 is 4.74 Å². The fourth-order valence-electron chi connectivity index (χ4n) is 6.05. The van der Waals surface area contributed by atoms with E-state index in [-0.39, 0.29) is 41.2 Å². The molecule has 0 aliphatic carbocycles. The topological polar surface area (TPSA) is 96.4 Å². The number of rotatable bonds is 19. The molecule has 0 aliphatic rings. The molecule has 0 aromatic heterocycles. The zero-order valence-corrected chi connectivity index (χ0v) is 33.5. The number of carbonyl (C=O) groups excluding carboxylic acids is 2. The molecule has 0 radical (unpaired) electrons. The highest BCUT2D eigenvalue weighted by atomic mass is 35.5. The van der Waals surface area contributed by atoms with E-state index in [1.54, 1.807) is 0 Å². The SMILES string of the molecule is CCCN(CCC)CCc1c(-c2ccc(F)cc2F)ccc(OC(C)=O)c1C(=O)O.CCN(CC)CCOC(=O)C(C)c1ccc(CC(C)C)cc1.Cl. The van der Waals surface area contributed by atoms with Crippen LogP contribution in [0.2, 0.25) is 0 Å². The quantitative estimate of drug-likeness (QED) is 0.0955. The molecule has 53 heavy (non-hydrogen) atoms. The van der Waals surface area contributed by atoms with Gasteiger partial charge in [0.05, 0.1) is 5.92 Å². The number of carboxylic acids is 1. The van der Waals surface area contributed by atoms with Gasteiger partial charge in [-0.3, -0.25) is 9.59 Å². The average molecular weight is 761 g/mol. The van der Waals surface area contributed by atoms with Crippen LogP contribution in [0.25, 0.3) is 11.1 Å². The Morgan fingerprint density at radius 1 is 0.792 bits per heavy atom. The standard InChI is InChI=1S/C23H27F2NO4.C19H31NO2.ClH/c1-4-11-26(12-5-2)13-10-19-17(18-7-6-16(24)14-20(18)25)8-9-21(30-15(3)27)22(19)23(28)29;1-6-20(7-2)12-13-22-19(21)16(5)18-10-8-17(9-11-18)14-15(3)4;/h6-9,14H,4-5,10-13H2,1-3H3,(H,28,29);8-11,15-16H,6-7,12-14H2,1-5H3;1H. The van der Waals surface area contributed by atoms with E-state index in [2.05, 4.69) is 63.5 Å². The van der Waals surface area contributed by atoms with E-state index in [1.165, 1.54) is 30.7 Å². The van der Waals surface area contributed by atoms with Crippen LogP contribution in [0.15, 0.2) is 54.6 Å². The minimum Gasteiger partial charge on any atom is -0.478 e. The maximum atomic E-state index is 14.5. The average Bonchev–Trinajstić information content (AvgIpc) is 3.09. The van der Waals surface area contributed by atoms with Crippen LogP contribution in [0, 0.1) is 17.6 Å². The number of esters is 2. The zero-order valence-electron chi connectivity index (χ0n) is 32.7. The minimum absolute atomic E-state index is 0. The van der Waals surface area contributed by atoms with E-state index in [0.29, 0.717) is 36.6 Å². The van der Waals surface area contributed by atoms with Crippen LogP contribution in [-0.2, 0) is 27.2 Å². The lowest BCUT2D eigenvalue weighted by Crippen LogP contribution is -2.28. The van der Waals surface area contributed by atoms with Crippen LogP contribution in [0.5, 0.6) is 5.75 Å². The summed E-state index contributed by atoms with van der Waals surface area (Å²) in [5.74, 6) is -3.21. The molecular formula is C42H59ClF2N2O6. The second kappa shape index (κ2) is 24.5. The molecule has 3 rings (SSSR count). The predicted molar refractivity (Wildman–Crippen MR) is 210 cm³/mol. The lowest BCUT2D eigenvalue weighted by Gasteiger charge is -2.23. The summed E-state index contributed by atoms with van der Waals surface area (Å²) in [6, 6.07) is 14.4. The number of carbonyl (C=O) groups is 3. The number of carboxylic acid groups (broad SMARTS) is 1. The van der Waals surface area contributed by atoms with Crippen molar-refractivity contribution in [2.45, 2.75) is 87.0 Å². The molecule has 1 N–H and O–H groups in total. The van der Waals surface area contributed by atoms with Gasteiger partial charge in [-0.1, -0.05) is 71.9 Å². The number of aromatic carboxylic acids is 1. The third-order valence-corrected chi connectivity index (χ3v) is 8.74. The second-order valence-electron chi connectivity index (χ2n) is 13.3. The molecule has 0 amide bonds. The fourth-order valence-corrected chi connectivity index (χ4v) is 6.05. The number of benzene rings is 3. The van der Waals surface area contributed by atoms with Gasteiger partial charge in [0.1, 0.15) is 29.6 Å². The van der Waals surface area contributed by atoms with Crippen molar-refractivity contribution >= 4 is 30.3 Å². The molecule has 0 saturated carbocycles. The molecule has 1 atom stereocenters. The Hall–Kier alpha value is -3.86.